The van der Waals surface area contributed by atoms with Crippen molar-refractivity contribution in [2.24, 2.45) is 0 Å². The summed E-state index contributed by atoms with van der Waals surface area (Å²) in [7, 11) is 0. The van der Waals surface area contributed by atoms with Crippen molar-refractivity contribution in [3.8, 4) is 33.4 Å². The normalized spacial score (nSPS) is 13.2. The molecule has 0 fully saturated rings. The summed E-state index contributed by atoms with van der Waals surface area (Å²) in [5.41, 5.74) is 15.7. The van der Waals surface area contributed by atoms with Gasteiger partial charge in [0.15, 0.2) is 0 Å². The van der Waals surface area contributed by atoms with Crippen molar-refractivity contribution >= 4 is 39.6 Å². The zero-order chi connectivity index (χ0) is 36.3. The third kappa shape index (κ3) is 4.82. The van der Waals surface area contributed by atoms with Gasteiger partial charge in [-0.25, -0.2) is 0 Å². The van der Waals surface area contributed by atoms with Crippen LogP contribution >= 0.6 is 11.8 Å². The third-order valence-electron chi connectivity index (χ3n) is 11.5. The molecule has 1 spiro atoms. The van der Waals surface area contributed by atoms with E-state index in [1.54, 1.807) is 0 Å². The molecular formula is C53H35NS. The van der Waals surface area contributed by atoms with Gasteiger partial charge >= 0.3 is 0 Å². The Hall–Kier alpha value is -6.61. The van der Waals surface area contributed by atoms with Crippen molar-refractivity contribution in [3.05, 3.63) is 235 Å². The maximum atomic E-state index is 2.53. The van der Waals surface area contributed by atoms with Crippen LogP contribution in [0.5, 0.6) is 0 Å². The van der Waals surface area contributed by atoms with Gasteiger partial charge in [-0.1, -0.05) is 194 Å². The van der Waals surface area contributed by atoms with E-state index < -0.39 is 5.41 Å². The van der Waals surface area contributed by atoms with E-state index in [1.165, 1.54) is 76.2 Å². The molecule has 0 N–H and O–H groups in total. The predicted octanol–water partition coefficient (Wildman–Crippen LogP) is 14.5. The summed E-state index contributed by atoms with van der Waals surface area (Å²) < 4.78 is 0. The number of benzene rings is 9. The topological polar surface area (TPSA) is 3.24 Å². The van der Waals surface area contributed by atoms with Gasteiger partial charge in [0.1, 0.15) is 0 Å². The monoisotopic (exact) mass is 717 g/mol. The Morgan fingerprint density at radius 2 is 0.855 bits per heavy atom. The molecule has 1 aliphatic heterocycles. The summed E-state index contributed by atoms with van der Waals surface area (Å²) in [6.45, 7) is 0. The van der Waals surface area contributed by atoms with Crippen molar-refractivity contribution < 1.29 is 0 Å². The molecule has 1 nitrogen and oxygen atoms in total. The number of fused-ring (bicyclic) bond motifs is 11. The first kappa shape index (κ1) is 31.9. The van der Waals surface area contributed by atoms with Gasteiger partial charge in [0.25, 0.3) is 0 Å². The number of hydrogen-bond donors (Lipinski definition) is 0. The molecular weight excluding hydrogens is 683 g/mol. The van der Waals surface area contributed by atoms with E-state index >= 15 is 0 Å². The minimum absolute atomic E-state index is 0.495. The highest BCUT2D eigenvalue weighted by molar-refractivity contribution is 7.99. The Kier molecular flexibility index (Phi) is 7.40. The van der Waals surface area contributed by atoms with Crippen LogP contribution in [0.1, 0.15) is 22.3 Å². The molecule has 0 aromatic heterocycles. The molecule has 0 amide bonds. The molecule has 1 heterocycles. The second-order valence-corrected chi connectivity index (χ2v) is 15.4. The van der Waals surface area contributed by atoms with Gasteiger partial charge in [0.2, 0.25) is 0 Å². The smallest absolute Gasteiger partial charge is 0.0736 e. The SMILES string of the molecule is c1ccc(-c2ccc(N(c3ccccc3-c3ccccc3)c3cc4c(c5ccccc35)Sc3ccccc3C43c4ccccc4-c4ccccc43)cc2)cc1. The fourth-order valence-electron chi connectivity index (χ4n) is 9.21. The number of nitrogens with zero attached hydrogens (tertiary/aromatic N) is 1. The molecule has 9 aromatic carbocycles. The largest absolute Gasteiger partial charge is 0.309 e. The standard InChI is InChI=1S/C53H35NS/c1-3-17-36(18-4-1)37-31-33-39(34-32-37)54(49-29-15-11-21-40(49)38-19-5-2-6-20-38)50-35-48-52(44-25-8-7-24-43(44)50)55-51-30-16-14-28-47(51)53(48)45-26-12-9-22-41(45)42-23-10-13-27-46(42)53/h1-35H. The second-order valence-electron chi connectivity index (χ2n) is 14.4. The lowest BCUT2D eigenvalue weighted by Crippen LogP contribution is -2.32. The van der Waals surface area contributed by atoms with Crippen LogP contribution in [-0.2, 0) is 5.41 Å². The van der Waals surface area contributed by atoms with Crippen LogP contribution in [0.25, 0.3) is 44.2 Å². The van der Waals surface area contributed by atoms with Crippen LogP contribution in [-0.4, -0.2) is 0 Å². The predicted molar refractivity (Wildman–Crippen MR) is 231 cm³/mol. The van der Waals surface area contributed by atoms with Crippen molar-refractivity contribution in [3.63, 3.8) is 0 Å². The van der Waals surface area contributed by atoms with Crippen LogP contribution in [0.4, 0.5) is 17.1 Å². The van der Waals surface area contributed by atoms with Crippen LogP contribution in [0.3, 0.4) is 0 Å². The van der Waals surface area contributed by atoms with Crippen molar-refractivity contribution in [2.45, 2.75) is 15.2 Å². The van der Waals surface area contributed by atoms with E-state index in [0.29, 0.717) is 0 Å². The van der Waals surface area contributed by atoms with Crippen LogP contribution in [0, 0.1) is 0 Å². The first-order chi connectivity index (χ1) is 27.3. The number of para-hydroxylation sites is 1. The Morgan fingerprint density at radius 3 is 1.55 bits per heavy atom. The lowest BCUT2D eigenvalue weighted by atomic mass is 9.67. The van der Waals surface area contributed by atoms with E-state index in [-0.39, 0.29) is 0 Å². The molecule has 0 radical (unpaired) electrons. The third-order valence-corrected chi connectivity index (χ3v) is 12.8. The zero-order valence-electron chi connectivity index (χ0n) is 30.1. The molecule has 2 heteroatoms. The van der Waals surface area contributed by atoms with Gasteiger partial charge in [0.05, 0.1) is 16.8 Å². The molecule has 258 valence electrons. The average Bonchev–Trinajstić information content (AvgIpc) is 3.56. The van der Waals surface area contributed by atoms with Crippen LogP contribution in [0.2, 0.25) is 0 Å². The molecule has 11 rings (SSSR count). The first-order valence-corrected chi connectivity index (χ1v) is 19.8. The van der Waals surface area contributed by atoms with Gasteiger partial charge in [0, 0.05) is 26.4 Å². The highest BCUT2D eigenvalue weighted by Gasteiger charge is 2.50. The zero-order valence-corrected chi connectivity index (χ0v) is 30.9. The molecule has 9 aromatic rings. The van der Waals surface area contributed by atoms with Crippen LogP contribution in [0.15, 0.2) is 222 Å². The lowest BCUT2D eigenvalue weighted by Gasteiger charge is -2.41. The van der Waals surface area contributed by atoms with E-state index in [0.717, 1.165) is 17.1 Å². The fourth-order valence-corrected chi connectivity index (χ4v) is 10.5. The van der Waals surface area contributed by atoms with Gasteiger partial charge < -0.3 is 4.90 Å². The summed E-state index contributed by atoms with van der Waals surface area (Å²) in [5, 5.41) is 2.48. The molecule has 2 aliphatic rings. The van der Waals surface area contributed by atoms with Gasteiger partial charge in [-0.15, -0.1) is 0 Å². The van der Waals surface area contributed by atoms with Gasteiger partial charge in [-0.05, 0) is 85.8 Å². The summed E-state index contributed by atoms with van der Waals surface area (Å²) in [6, 6.07) is 78.2. The number of rotatable bonds is 5. The quantitative estimate of drug-likeness (QED) is 0.174. The van der Waals surface area contributed by atoms with Crippen molar-refractivity contribution in [1.29, 1.82) is 0 Å². The average molecular weight is 718 g/mol. The first-order valence-electron chi connectivity index (χ1n) is 18.9. The van der Waals surface area contributed by atoms with Crippen LogP contribution < -0.4 is 4.90 Å². The maximum absolute atomic E-state index is 2.53. The van der Waals surface area contributed by atoms with E-state index in [9.17, 15) is 0 Å². The lowest BCUT2D eigenvalue weighted by molar-refractivity contribution is 0.726. The highest BCUT2D eigenvalue weighted by atomic mass is 32.2. The molecule has 0 saturated heterocycles. The second kappa shape index (κ2) is 12.8. The van der Waals surface area contributed by atoms with E-state index in [1.807, 2.05) is 11.8 Å². The highest BCUT2D eigenvalue weighted by Crippen LogP contribution is 2.64. The molecule has 0 unspecified atom stereocenters. The number of hydrogen-bond acceptors (Lipinski definition) is 2. The molecule has 0 bridgehead atoms. The minimum atomic E-state index is -0.495. The summed E-state index contributed by atoms with van der Waals surface area (Å²) in [4.78, 5) is 5.13. The Bertz CT molecular complexity index is 2850. The summed E-state index contributed by atoms with van der Waals surface area (Å²) >= 11 is 1.92. The molecule has 0 saturated carbocycles. The maximum Gasteiger partial charge on any atom is 0.0736 e. The van der Waals surface area contributed by atoms with E-state index in [2.05, 4.69) is 217 Å². The van der Waals surface area contributed by atoms with Crippen molar-refractivity contribution in [1.82, 2.24) is 0 Å². The van der Waals surface area contributed by atoms with Gasteiger partial charge in [-0.3, -0.25) is 0 Å². The number of anilines is 3. The Labute approximate surface area is 326 Å². The molecule has 1 aliphatic carbocycles. The minimum Gasteiger partial charge on any atom is -0.309 e. The Morgan fingerprint density at radius 1 is 0.345 bits per heavy atom. The Balaban J connectivity index is 1.25. The summed E-state index contributed by atoms with van der Waals surface area (Å²) in [5.74, 6) is 0. The van der Waals surface area contributed by atoms with Crippen molar-refractivity contribution in [2.75, 3.05) is 4.90 Å². The van der Waals surface area contributed by atoms with Gasteiger partial charge in [-0.2, -0.15) is 0 Å². The molecule has 0 atom stereocenters. The molecule has 55 heavy (non-hydrogen) atoms. The fraction of sp³-hybridized carbons (Fsp3) is 0.0189. The summed E-state index contributed by atoms with van der Waals surface area (Å²) in [6.07, 6.45) is 0. The van der Waals surface area contributed by atoms with E-state index in [4.69, 9.17) is 0 Å².